The molecule has 3 aromatic rings. The maximum Gasteiger partial charge on any atom is 0.287 e. The SMILES string of the molecule is CCn1nc(C(=O)NNS(=O)(=O)c2cc(C)ccc2C)c2ccccc2c1=O. The van der Waals surface area contributed by atoms with E-state index in [4.69, 9.17) is 0 Å². The fraction of sp³-hybridized carbons (Fsp3) is 0.211. The highest BCUT2D eigenvalue weighted by Gasteiger charge is 2.21. The van der Waals surface area contributed by atoms with Crippen molar-refractivity contribution in [1.82, 2.24) is 20.0 Å². The van der Waals surface area contributed by atoms with Crippen molar-refractivity contribution in [3.05, 3.63) is 69.6 Å². The number of hydrogen-bond donors (Lipinski definition) is 2. The van der Waals surface area contributed by atoms with Crippen molar-refractivity contribution < 1.29 is 13.2 Å². The number of hydrogen-bond acceptors (Lipinski definition) is 5. The summed E-state index contributed by atoms with van der Waals surface area (Å²) >= 11 is 0. The van der Waals surface area contributed by atoms with E-state index >= 15 is 0 Å². The monoisotopic (exact) mass is 400 g/mol. The van der Waals surface area contributed by atoms with Crippen molar-refractivity contribution in [2.75, 3.05) is 0 Å². The van der Waals surface area contributed by atoms with E-state index < -0.39 is 15.9 Å². The molecule has 0 bridgehead atoms. The van der Waals surface area contributed by atoms with Gasteiger partial charge in [-0.2, -0.15) is 5.10 Å². The zero-order valence-electron chi connectivity index (χ0n) is 15.7. The van der Waals surface area contributed by atoms with Crippen LogP contribution >= 0.6 is 0 Å². The summed E-state index contributed by atoms with van der Waals surface area (Å²) in [6.45, 7) is 5.45. The smallest absolute Gasteiger partial charge is 0.272 e. The summed E-state index contributed by atoms with van der Waals surface area (Å²) in [5.74, 6) is -0.757. The maximum absolute atomic E-state index is 12.7. The Labute approximate surface area is 162 Å². The van der Waals surface area contributed by atoms with Gasteiger partial charge in [-0.25, -0.2) is 13.1 Å². The van der Waals surface area contributed by atoms with Crippen LogP contribution in [0.3, 0.4) is 0 Å². The number of carbonyl (C=O) groups excluding carboxylic acids is 1. The second-order valence-corrected chi connectivity index (χ2v) is 7.99. The zero-order chi connectivity index (χ0) is 20.5. The molecule has 0 aliphatic rings. The Morgan fingerprint density at radius 2 is 1.79 bits per heavy atom. The molecule has 0 aliphatic carbocycles. The third kappa shape index (κ3) is 3.67. The van der Waals surface area contributed by atoms with Gasteiger partial charge in [-0.15, -0.1) is 4.83 Å². The van der Waals surface area contributed by atoms with Gasteiger partial charge >= 0.3 is 0 Å². The van der Waals surface area contributed by atoms with Crippen LogP contribution < -0.4 is 15.8 Å². The van der Waals surface area contributed by atoms with Crippen molar-refractivity contribution in [3.63, 3.8) is 0 Å². The van der Waals surface area contributed by atoms with Gasteiger partial charge in [-0.3, -0.25) is 15.0 Å². The highest BCUT2D eigenvalue weighted by atomic mass is 32.2. The van der Waals surface area contributed by atoms with E-state index in [1.807, 2.05) is 0 Å². The molecule has 9 heteroatoms. The van der Waals surface area contributed by atoms with Crippen molar-refractivity contribution >= 4 is 26.7 Å². The standard InChI is InChI=1S/C19H20N4O4S/c1-4-23-19(25)15-8-6-5-7-14(15)17(21-23)18(24)20-22-28(26,27)16-11-12(2)9-10-13(16)3/h5-11,22H,4H2,1-3H3,(H,20,24). The lowest BCUT2D eigenvalue weighted by Gasteiger charge is -2.12. The minimum atomic E-state index is -3.97. The molecule has 0 saturated carbocycles. The Kier molecular flexibility index (Phi) is 5.30. The fourth-order valence-corrected chi connectivity index (χ4v) is 4.01. The fourth-order valence-electron chi connectivity index (χ4n) is 2.84. The van der Waals surface area contributed by atoms with Crippen LogP contribution in [0.25, 0.3) is 10.8 Å². The van der Waals surface area contributed by atoms with Gasteiger partial charge in [-0.05, 0) is 44.0 Å². The molecule has 0 fully saturated rings. The largest absolute Gasteiger partial charge is 0.287 e. The number of aromatic nitrogens is 2. The van der Waals surface area contributed by atoms with Crippen LogP contribution in [0.2, 0.25) is 0 Å². The van der Waals surface area contributed by atoms with Gasteiger partial charge in [0.15, 0.2) is 5.69 Å². The van der Waals surface area contributed by atoms with Crippen LogP contribution in [0.15, 0.2) is 52.2 Å². The number of nitrogens with zero attached hydrogens (tertiary/aromatic N) is 2. The van der Waals surface area contributed by atoms with Crippen LogP contribution in [-0.2, 0) is 16.6 Å². The number of sulfonamides is 1. The van der Waals surface area contributed by atoms with E-state index in [-0.39, 0.29) is 22.7 Å². The van der Waals surface area contributed by atoms with Crippen LogP contribution in [0.1, 0.15) is 28.5 Å². The molecule has 2 N–H and O–H groups in total. The first-order valence-electron chi connectivity index (χ1n) is 8.64. The summed E-state index contributed by atoms with van der Waals surface area (Å²) in [6, 6.07) is 11.6. The maximum atomic E-state index is 12.7. The Hall–Kier alpha value is -3.04. The van der Waals surface area contributed by atoms with Crippen molar-refractivity contribution in [3.8, 4) is 0 Å². The Bertz CT molecular complexity index is 1230. The number of carbonyl (C=O) groups is 1. The molecule has 0 unspecified atom stereocenters. The number of fused-ring (bicyclic) bond motifs is 1. The lowest BCUT2D eigenvalue weighted by molar-refractivity contribution is 0.0939. The molecule has 28 heavy (non-hydrogen) atoms. The van der Waals surface area contributed by atoms with Gasteiger partial charge in [0.2, 0.25) is 0 Å². The van der Waals surface area contributed by atoms with E-state index in [1.165, 1.54) is 6.07 Å². The second-order valence-electron chi connectivity index (χ2n) is 6.34. The number of hydrazine groups is 1. The van der Waals surface area contributed by atoms with Crippen LogP contribution in [0.5, 0.6) is 0 Å². The van der Waals surface area contributed by atoms with E-state index in [1.54, 1.807) is 57.2 Å². The van der Waals surface area contributed by atoms with Crippen LogP contribution in [0.4, 0.5) is 0 Å². The molecule has 2 aromatic carbocycles. The summed E-state index contributed by atoms with van der Waals surface area (Å²) in [5.41, 5.74) is 3.17. The molecule has 1 heterocycles. The number of aryl methyl sites for hydroxylation is 3. The van der Waals surface area contributed by atoms with E-state index in [2.05, 4.69) is 15.4 Å². The molecular formula is C19H20N4O4S. The van der Waals surface area contributed by atoms with Gasteiger partial charge < -0.3 is 0 Å². The molecule has 146 valence electrons. The van der Waals surface area contributed by atoms with Crippen molar-refractivity contribution in [2.45, 2.75) is 32.2 Å². The molecule has 0 atom stereocenters. The third-order valence-electron chi connectivity index (χ3n) is 4.31. The summed E-state index contributed by atoms with van der Waals surface area (Å²) in [4.78, 5) is 27.2. The Morgan fingerprint density at radius 3 is 2.46 bits per heavy atom. The Balaban J connectivity index is 1.95. The quantitative estimate of drug-likeness (QED) is 0.633. The predicted molar refractivity (Wildman–Crippen MR) is 105 cm³/mol. The topological polar surface area (TPSA) is 110 Å². The second kappa shape index (κ2) is 7.53. The molecule has 8 nitrogen and oxygen atoms in total. The zero-order valence-corrected chi connectivity index (χ0v) is 16.5. The highest BCUT2D eigenvalue weighted by molar-refractivity contribution is 7.89. The normalized spacial score (nSPS) is 11.5. The number of nitrogens with one attached hydrogen (secondary N) is 2. The molecule has 0 aliphatic heterocycles. The van der Waals surface area contributed by atoms with Crippen LogP contribution in [0, 0.1) is 13.8 Å². The number of amides is 1. The number of rotatable bonds is 5. The van der Waals surface area contributed by atoms with E-state index in [0.717, 1.165) is 10.2 Å². The summed E-state index contributed by atoms with van der Waals surface area (Å²) in [5, 5.41) is 4.76. The Morgan fingerprint density at radius 1 is 1.11 bits per heavy atom. The van der Waals surface area contributed by atoms with Gasteiger partial charge in [0.25, 0.3) is 21.5 Å². The van der Waals surface area contributed by atoms with E-state index in [9.17, 15) is 18.0 Å². The molecule has 3 rings (SSSR count). The molecule has 0 spiro atoms. The molecule has 1 amide bonds. The summed E-state index contributed by atoms with van der Waals surface area (Å²) in [7, 11) is -3.97. The average Bonchev–Trinajstić information content (AvgIpc) is 2.68. The first-order chi connectivity index (χ1) is 13.2. The van der Waals surface area contributed by atoms with Crippen LogP contribution in [-0.4, -0.2) is 24.1 Å². The molecule has 0 saturated heterocycles. The van der Waals surface area contributed by atoms with Gasteiger partial charge in [0, 0.05) is 11.9 Å². The predicted octanol–water partition coefficient (Wildman–Crippen LogP) is 1.66. The van der Waals surface area contributed by atoms with Gasteiger partial charge in [0.05, 0.1) is 10.3 Å². The van der Waals surface area contributed by atoms with Crippen molar-refractivity contribution in [2.24, 2.45) is 0 Å². The summed E-state index contributed by atoms with van der Waals surface area (Å²) < 4.78 is 26.3. The number of benzene rings is 2. The summed E-state index contributed by atoms with van der Waals surface area (Å²) in [6.07, 6.45) is 0. The average molecular weight is 400 g/mol. The molecular weight excluding hydrogens is 380 g/mol. The minimum absolute atomic E-state index is 0.0410. The van der Waals surface area contributed by atoms with E-state index in [0.29, 0.717) is 16.3 Å². The van der Waals surface area contributed by atoms with Gasteiger partial charge in [-0.1, -0.05) is 30.3 Å². The first-order valence-corrected chi connectivity index (χ1v) is 10.1. The lowest BCUT2D eigenvalue weighted by Crippen LogP contribution is -2.43. The third-order valence-corrected chi connectivity index (χ3v) is 5.70. The minimum Gasteiger partial charge on any atom is -0.272 e. The molecule has 0 radical (unpaired) electrons. The molecule has 1 aromatic heterocycles. The van der Waals surface area contributed by atoms with Crippen molar-refractivity contribution in [1.29, 1.82) is 0 Å². The lowest BCUT2D eigenvalue weighted by atomic mass is 10.1. The highest BCUT2D eigenvalue weighted by Crippen LogP contribution is 2.16. The first kappa shape index (κ1) is 19.7. The van der Waals surface area contributed by atoms with Gasteiger partial charge in [0.1, 0.15) is 0 Å².